The SMILES string of the molecule is O=C([O-])[C@@H]1CCCC[NH2+]1.OO.OO. The van der Waals surface area contributed by atoms with E-state index < -0.39 is 5.97 Å². The van der Waals surface area contributed by atoms with Gasteiger partial charge in [0.05, 0.1) is 12.5 Å². The van der Waals surface area contributed by atoms with Crippen LogP contribution in [0.3, 0.4) is 0 Å². The van der Waals surface area contributed by atoms with E-state index in [1.807, 2.05) is 5.32 Å². The molecule has 0 saturated carbocycles. The molecule has 1 heterocycles. The molecule has 6 N–H and O–H groups in total. The number of hydrogen-bond acceptors (Lipinski definition) is 6. The van der Waals surface area contributed by atoms with Gasteiger partial charge >= 0.3 is 0 Å². The van der Waals surface area contributed by atoms with E-state index in [4.69, 9.17) is 21.0 Å². The molecule has 0 amide bonds. The Morgan fingerprint density at radius 2 is 1.77 bits per heavy atom. The standard InChI is InChI=1S/C6H11NO2.2H2O2/c8-6(9)5-3-1-2-4-7-5;2*1-2/h5,7H,1-4H2,(H,8,9);2*1-2H/t5-;;/m0../s1. The van der Waals surface area contributed by atoms with Gasteiger partial charge in [-0.15, -0.1) is 0 Å². The number of carboxylic acid groups (broad SMARTS) is 1. The second kappa shape index (κ2) is 11.3. The lowest BCUT2D eigenvalue weighted by Crippen LogP contribution is -2.94. The van der Waals surface area contributed by atoms with Gasteiger partial charge in [0, 0.05) is 6.42 Å². The highest BCUT2D eigenvalue weighted by molar-refractivity contribution is 5.69. The van der Waals surface area contributed by atoms with Gasteiger partial charge in [0.15, 0.2) is 0 Å². The number of piperidine rings is 1. The summed E-state index contributed by atoms with van der Waals surface area (Å²) in [5, 5.41) is 36.1. The molecule has 13 heavy (non-hydrogen) atoms. The smallest absolute Gasteiger partial charge is 0.126 e. The Balaban J connectivity index is 0. The normalized spacial score (nSPS) is 20.2. The fraction of sp³-hybridized carbons (Fsp3) is 0.833. The monoisotopic (exact) mass is 197 g/mol. The van der Waals surface area contributed by atoms with Crippen LogP contribution in [-0.2, 0) is 4.79 Å². The van der Waals surface area contributed by atoms with Crippen molar-refractivity contribution in [1.82, 2.24) is 0 Å². The molecule has 0 bridgehead atoms. The van der Waals surface area contributed by atoms with Crippen molar-refractivity contribution in [3.05, 3.63) is 0 Å². The molecule has 0 aliphatic carbocycles. The second-order valence-corrected chi connectivity index (χ2v) is 2.45. The van der Waals surface area contributed by atoms with E-state index in [-0.39, 0.29) is 6.04 Å². The molecule has 0 aromatic heterocycles. The number of rotatable bonds is 1. The molecular formula is C6H15NO6. The van der Waals surface area contributed by atoms with Gasteiger partial charge in [0.25, 0.3) is 0 Å². The minimum Gasteiger partial charge on any atom is -0.544 e. The lowest BCUT2D eigenvalue weighted by atomic mass is 10.1. The maximum atomic E-state index is 10.2. The lowest BCUT2D eigenvalue weighted by molar-refractivity contribution is -0.691. The van der Waals surface area contributed by atoms with Gasteiger partial charge in [-0.25, -0.2) is 0 Å². The summed E-state index contributed by atoms with van der Waals surface area (Å²) in [7, 11) is 0. The Kier molecular flexibility index (Phi) is 12.8. The van der Waals surface area contributed by atoms with Crippen molar-refractivity contribution < 1.29 is 36.2 Å². The summed E-state index contributed by atoms with van der Waals surface area (Å²) in [4.78, 5) is 10.2. The van der Waals surface area contributed by atoms with E-state index in [2.05, 4.69) is 0 Å². The van der Waals surface area contributed by atoms with Crippen LogP contribution in [0, 0.1) is 0 Å². The van der Waals surface area contributed by atoms with Gasteiger partial charge in [-0.1, -0.05) is 0 Å². The first-order valence-electron chi connectivity index (χ1n) is 3.75. The van der Waals surface area contributed by atoms with Crippen LogP contribution in [-0.4, -0.2) is 39.6 Å². The molecule has 0 spiro atoms. The molecule has 1 fully saturated rings. The fourth-order valence-corrected chi connectivity index (χ4v) is 1.16. The largest absolute Gasteiger partial charge is 0.544 e. The summed E-state index contributed by atoms with van der Waals surface area (Å²) in [6.45, 7) is 0.943. The topological polar surface area (TPSA) is 138 Å². The van der Waals surface area contributed by atoms with Crippen molar-refractivity contribution in [3.8, 4) is 0 Å². The van der Waals surface area contributed by atoms with Crippen molar-refractivity contribution >= 4 is 5.97 Å². The van der Waals surface area contributed by atoms with Crippen LogP contribution in [0.2, 0.25) is 0 Å². The van der Waals surface area contributed by atoms with Crippen LogP contribution in [0.4, 0.5) is 0 Å². The second-order valence-electron chi connectivity index (χ2n) is 2.45. The molecule has 0 aromatic rings. The Morgan fingerprint density at radius 3 is 2.00 bits per heavy atom. The number of carbonyl (C=O) groups is 1. The summed E-state index contributed by atoms with van der Waals surface area (Å²) in [6, 6.07) is -0.265. The molecule has 1 aliphatic heterocycles. The van der Waals surface area contributed by atoms with Crippen molar-refractivity contribution in [2.24, 2.45) is 0 Å². The highest BCUT2D eigenvalue weighted by atomic mass is 17.0. The van der Waals surface area contributed by atoms with Gasteiger partial charge in [-0.2, -0.15) is 0 Å². The number of quaternary nitrogens is 1. The van der Waals surface area contributed by atoms with E-state index in [1.165, 1.54) is 0 Å². The van der Waals surface area contributed by atoms with E-state index in [9.17, 15) is 9.90 Å². The Bertz CT molecular complexity index is 114. The third-order valence-electron chi connectivity index (χ3n) is 1.72. The maximum absolute atomic E-state index is 10.2. The highest BCUT2D eigenvalue weighted by Gasteiger charge is 2.16. The quantitative estimate of drug-likeness (QED) is 0.241. The maximum Gasteiger partial charge on any atom is 0.126 e. The first kappa shape index (κ1) is 14.8. The van der Waals surface area contributed by atoms with Crippen LogP contribution >= 0.6 is 0 Å². The third-order valence-corrected chi connectivity index (χ3v) is 1.72. The molecule has 0 aromatic carbocycles. The van der Waals surface area contributed by atoms with Gasteiger partial charge in [-0.05, 0) is 12.8 Å². The summed E-state index contributed by atoms with van der Waals surface area (Å²) >= 11 is 0. The molecular weight excluding hydrogens is 182 g/mol. The molecule has 1 atom stereocenters. The van der Waals surface area contributed by atoms with E-state index in [1.54, 1.807) is 0 Å². The van der Waals surface area contributed by atoms with E-state index in [0.717, 1.165) is 25.8 Å². The fourth-order valence-electron chi connectivity index (χ4n) is 1.16. The molecule has 7 heteroatoms. The zero-order valence-electron chi connectivity index (χ0n) is 7.09. The van der Waals surface area contributed by atoms with Crippen molar-refractivity contribution in [2.45, 2.75) is 25.3 Å². The van der Waals surface area contributed by atoms with Gasteiger partial charge in [0.1, 0.15) is 6.04 Å². The summed E-state index contributed by atoms with van der Waals surface area (Å²) < 4.78 is 0. The van der Waals surface area contributed by atoms with Crippen LogP contribution < -0.4 is 10.4 Å². The summed E-state index contributed by atoms with van der Waals surface area (Å²) in [5.74, 6) is -0.908. The molecule has 1 rings (SSSR count). The number of carboxylic acids is 1. The number of aliphatic carboxylic acids is 1. The molecule has 7 nitrogen and oxygen atoms in total. The zero-order chi connectivity index (χ0) is 10.7. The Hall–Kier alpha value is -0.730. The van der Waals surface area contributed by atoms with Crippen LogP contribution in [0.1, 0.15) is 19.3 Å². The molecule has 0 radical (unpaired) electrons. The van der Waals surface area contributed by atoms with Crippen molar-refractivity contribution in [3.63, 3.8) is 0 Å². The Morgan fingerprint density at radius 1 is 1.23 bits per heavy atom. The number of hydrogen-bond donors (Lipinski definition) is 5. The van der Waals surface area contributed by atoms with Crippen molar-refractivity contribution in [2.75, 3.05) is 6.54 Å². The number of carbonyl (C=O) groups excluding carboxylic acids is 1. The predicted octanol–water partition coefficient (Wildman–Crippen LogP) is -2.11. The highest BCUT2D eigenvalue weighted by Crippen LogP contribution is 1.99. The van der Waals surface area contributed by atoms with Crippen LogP contribution in [0.15, 0.2) is 0 Å². The molecule has 0 unspecified atom stereocenters. The summed E-state index contributed by atoms with van der Waals surface area (Å²) in [6.07, 6.45) is 2.96. The van der Waals surface area contributed by atoms with Crippen LogP contribution in [0.5, 0.6) is 0 Å². The van der Waals surface area contributed by atoms with Crippen LogP contribution in [0.25, 0.3) is 0 Å². The van der Waals surface area contributed by atoms with Gasteiger partial charge in [-0.3, -0.25) is 21.0 Å². The first-order valence-corrected chi connectivity index (χ1v) is 3.75. The minimum atomic E-state index is -0.908. The van der Waals surface area contributed by atoms with E-state index in [0.29, 0.717) is 0 Å². The Labute approximate surface area is 75.1 Å². The lowest BCUT2D eigenvalue weighted by Gasteiger charge is -2.20. The minimum absolute atomic E-state index is 0.265. The predicted molar refractivity (Wildman–Crippen MR) is 40.0 cm³/mol. The average Bonchev–Trinajstić information content (AvgIpc) is 2.25. The molecule has 1 saturated heterocycles. The number of nitrogens with two attached hydrogens (primary N) is 1. The van der Waals surface area contributed by atoms with Gasteiger partial charge in [0.2, 0.25) is 0 Å². The molecule has 1 aliphatic rings. The average molecular weight is 197 g/mol. The molecule has 80 valence electrons. The van der Waals surface area contributed by atoms with Gasteiger partial charge < -0.3 is 15.2 Å². The third kappa shape index (κ3) is 7.62. The van der Waals surface area contributed by atoms with E-state index >= 15 is 0 Å². The first-order chi connectivity index (χ1) is 6.30. The van der Waals surface area contributed by atoms with Crippen molar-refractivity contribution in [1.29, 1.82) is 0 Å². The zero-order valence-corrected chi connectivity index (χ0v) is 7.09. The summed E-state index contributed by atoms with van der Waals surface area (Å²) in [5.41, 5.74) is 0.